The molecule has 0 aliphatic carbocycles. The standard InChI is InChI=1S/C20H24ClNO7S.C14H21NO5/c1-3-28-19(24)16-14-6-5-7-15(17(18(16)23)20(25)29-4-2)22(14)30(26,27)13-10-8-12(21)9-11-13;1-3-19-13(17)10-8-6-5-7-9(15-8)11(12(10)16)14(18)20-4-2/h8-11,14-17H,3-7H2,1-2H3;8-11,15H,3-7H2,1-2H3. The lowest BCUT2D eigenvalue weighted by atomic mass is 9.72. The number of hydrogen-bond acceptors (Lipinski definition) is 13. The van der Waals surface area contributed by atoms with E-state index < -0.39 is 75.4 Å². The predicted molar refractivity (Wildman–Crippen MR) is 177 cm³/mol. The summed E-state index contributed by atoms with van der Waals surface area (Å²) in [4.78, 5) is 75.0. The highest BCUT2D eigenvalue weighted by Crippen LogP contribution is 2.43. The molecule has 5 rings (SSSR count). The fraction of sp³-hybridized carbons (Fsp3) is 0.647. The van der Waals surface area contributed by atoms with Crippen molar-refractivity contribution in [3.8, 4) is 0 Å². The Hall–Kier alpha value is -3.40. The molecular formula is C34H45ClN2O12S. The molecule has 4 aliphatic heterocycles. The van der Waals surface area contributed by atoms with Gasteiger partial charge < -0.3 is 24.3 Å². The van der Waals surface area contributed by atoms with Crippen LogP contribution in [0.25, 0.3) is 0 Å². The fourth-order valence-corrected chi connectivity index (χ4v) is 9.49. The van der Waals surface area contributed by atoms with Gasteiger partial charge in [-0.25, -0.2) is 8.42 Å². The zero-order chi connectivity index (χ0) is 36.7. The summed E-state index contributed by atoms with van der Waals surface area (Å²) in [6, 6.07) is 3.36. The van der Waals surface area contributed by atoms with E-state index >= 15 is 0 Å². The van der Waals surface area contributed by atoms with Crippen molar-refractivity contribution >= 4 is 57.1 Å². The highest BCUT2D eigenvalue weighted by molar-refractivity contribution is 7.89. The summed E-state index contributed by atoms with van der Waals surface area (Å²) in [5.74, 6) is -8.23. The van der Waals surface area contributed by atoms with Gasteiger partial charge in [0.15, 0.2) is 11.6 Å². The minimum atomic E-state index is -4.12. The maximum atomic E-state index is 13.5. The number of hydrogen-bond donors (Lipinski definition) is 1. The molecule has 8 atom stereocenters. The van der Waals surface area contributed by atoms with Crippen molar-refractivity contribution in [2.45, 2.75) is 95.3 Å². The highest BCUT2D eigenvalue weighted by Gasteiger charge is 2.60. The van der Waals surface area contributed by atoms with Crippen molar-refractivity contribution < 1.29 is 56.1 Å². The Balaban J connectivity index is 0.000000244. The molecule has 1 N–H and O–H groups in total. The second-order valence-corrected chi connectivity index (χ2v) is 14.7. The molecule has 1 aromatic carbocycles. The molecule has 4 fully saturated rings. The first-order chi connectivity index (χ1) is 23.8. The molecule has 8 unspecified atom stereocenters. The third-order valence-corrected chi connectivity index (χ3v) is 11.7. The van der Waals surface area contributed by atoms with Gasteiger partial charge >= 0.3 is 23.9 Å². The maximum Gasteiger partial charge on any atom is 0.318 e. The summed E-state index contributed by atoms with van der Waals surface area (Å²) in [5, 5.41) is 3.61. The first-order valence-corrected chi connectivity index (χ1v) is 18.9. The molecule has 50 heavy (non-hydrogen) atoms. The molecule has 4 heterocycles. The van der Waals surface area contributed by atoms with Crippen LogP contribution in [0.1, 0.15) is 66.2 Å². The van der Waals surface area contributed by atoms with Crippen molar-refractivity contribution in [2.75, 3.05) is 26.4 Å². The van der Waals surface area contributed by atoms with Crippen LogP contribution in [0.2, 0.25) is 5.02 Å². The lowest BCUT2D eigenvalue weighted by Crippen LogP contribution is -2.66. The molecule has 0 radical (unpaired) electrons. The number of fused-ring (bicyclic) bond motifs is 4. The summed E-state index contributed by atoms with van der Waals surface area (Å²) in [6.45, 7) is 7.11. The van der Waals surface area contributed by atoms with E-state index in [1.54, 1.807) is 27.7 Å². The molecule has 4 bridgehead atoms. The lowest BCUT2D eigenvalue weighted by Gasteiger charge is -2.49. The van der Waals surface area contributed by atoms with Crippen LogP contribution in [0, 0.1) is 23.7 Å². The first kappa shape index (κ1) is 39.4. The number of piperidine rings is 4. The molecule has 4 saturated heterocycles. The van der Waals surface area contributed by atoms with Crippen molar-refractivity contribution in [3.05, 3.63) is 29.3 Å². The van der Waals surface area contributed by atoms with E-state index in [0.717, 1.165) is 23.6 Å². The second-order valence-electron chi connectivity index (χ2n) is 12.4. The van der Waals surface area contributed by atoms with Crippen molar-refractivity contribution in [1.82, 2.24) is 9.62 Å². The summed E-state index contributed by atoms with van der Waals surface area (Å²) >= 11 is 5.89. The number of ketones is 2. The number of nitrogens with one attached hydrogen (secondary N) is 1. The summed E-state index contributed by atoms with van der Waals surface area (Å²) in [5.41, 5.74) is 0. The molecule has 276 valence electrons. The zero-order valence-electron chi connectivity index (χ0n) is 28.6. The van der Waals surface area contributed by atoms with Crippen LogP contribution in [-0.4, -0.2) is 98.8 Å². The molecule has 16 heteroatoms. The van der Waals surface area contributed by atoms with Crippen LogP contribution in [0.5, 0.6) is 0 Å². The van der Waals surface area contributed by atoms with E-state index in [1.807, 2.05) is 0 Å². The molecule has 4 aliphatic rings. The van der Waals surface area contributed by atoms with Gasteiger partial charge in [0, 0.05) is 29.2 Å². The van der Waals surface area contributed by atoms with Crippen LogP contribution in [0.3, 0.4) is 0 Å². The predicted octanol–water partition coefficient (Wildman–Crippen LogP) is 2.63. The number of carbonyl (C=O) groups is 6. The minimum Gasteiger partial charge on any atom is -0.465 e. The smallest absolute Gasteiger partial charge is 0.318 e. The highest BCUT2D eigenvalue weighted by atomic mass is 35.5. The SMILES string of the molecule is CCOC(=O)C1C(=O)C(C(=O)OCC)C2CCCC1N2.CCOC(=O)C1C(=O)C(C(=O)OCC)C2CCCC1N2S(=O)(=O)c1ccc(Cl)cc1. The molecule has 0 saturated carbocycles. The van der Waals surface area contributed by atoms with Crippen LogP contribution in [-0.2, 0) is 57.7 Å². The van der Waals surface area contributed by atoms with Gasteiger partial charge in [0.1, 0.15) is 23.7 Å². The summed E-state index contributed by atoms with van der Waals surface area (Å²) < 4.78 is 48.3. The van der Waals surface area contributed by atoms with Gasteiger partial charge in [-0.3, -0.25) is 28.8 Å². The Bertz CT molecular complexity index is 1480. The van der Waals surface area contributed by atoms with Gasteiger partial charge in [0.05, 0.1) is 31.3 Å². The minimum absolute atomic E-state index is 0.0247. The van der Waals surface area contributed by atoms with E-state index in [0.29, 0.717) is 24.3 Å². The first-order valence-electron chi connectivity index (χ1n) is 17.1. The van der Waals surface area contributed by atoms with E-state index in [1.165, 1.54) is 24.3 Å². The van der Waals surface area contributed by atoms with Crippen molar-refractivity contribution in [3.63, 3.8) is 0 Å². The molecule has 1 aromatic rings. The third-order valence-electron chi connectivity index (χ3n) is 9.46. The molecule has 0 spiro atoms. The molecule has 14 nitrogen and oxygen atoms in total. The van der Waals surface area contributed by atoms with Gasteiger partial charge in [-0.2, -0.15) is 4.31 Å². The Labute approximate surface area is 296 Å². The zero-order valence-corrected chi connectivity index (χ0v) is 30.2. The number of sulfonamides is 1. The number of benzene rings is 1. The van der Waals surface area contributed by atoms with Crippen LogP contribution in [0.4, 0.5) is 0 Å². The van der Waals surface area contributed by atoms with Crippen LogP contribution in [0.15, 0.2) is 29.2 Å². The van der Waals surface area contributed by atoms with Gasteiger partial charge in [0.25, 0.3) is 0 Å². The van der Waals surface area contributed by atoms with Gasteiger partial charge in [0.2, 0.25) is 10.0 Å². The molecular weight excluding hydrogens is 696 g/mol. The van der Waals surface area contributed by atoms with E-state index in [4.69, 9.17) is 30.5 Å². The molecule has 0 aromatic heterocycles. The van der Waals surface area contributed by atoms with Crippen molar-refractivity contribution in [1.29, 1.82) is 0 Å². The maximum absolute atomic E-state index is 13.5. The Morgan fingerprint density at radius 1 is 0.660 bits per heavy atom. The normalized spacial score (nSPS) is 29.1. The topological polar surface area (TPSA) is 189 Å². The Kier molecular flexibility index (Phi) is 13.6. The number of rotatable bonds is 10. The van der Waals surface area contributed by atoms with Gasteiger partial charge in [-0.1, -0.05) is 24.4 Å². The van der Waals surface area contributed by atoms with Crippen LogP contribution >= 0.6 is 11.6 Å². The van der Waals surface area contributed by atoms with Crippen LogP contribution < -0.4 is 5.32 Å². The number of carbonyl (C=O) groups excluding carboxylic acids is 6. The van der Waals surface area contributed by atoms with E-state index in [2.05, 4.69) is 5.32 Å². The van der Waals surface area contributed by atoms with E-state index in [9.17, 15) is 37.2 Å². The number of ether oxygens (including phenoxy) is 4. The van der Waals surface area contributed by atoms with Gasteiger partial charge in [-0.05, 0) is 77.6 Å². The van der Waals surface area contributed by atoms with Gasteiger partial charge in [-0.15, -0.1) is 0 Å². The van der Waals surface area contributed by atoms with Crippen molar-refractivity contribution in [2.24, 2.45) is 23.7 Å². The largest absolute Gasteiger partial charge is 0.465 e. The lowest BCUT2D eigenvalue weighted by molar-refractivity contribution is -0.169. The summed E-state index contributed by atoms with van der Waals surface area (Å²) in [6.07, 6.45) is 3.59. The number of esters is 4. The quantitative estimate of drug-likeness (QED) is 0.210. The average Bonchev–Trinajstić information content (AvgIpc) is 3.06. The number of nitrogens with zero attached hydrogens (tertiary/aromatic N) is 1. The monoisotopic (exact) mass is 740 g/mol. The Morgan fingerprint density at radius 2 is 1.02 bits per heavy atom. The second kappa shape index (κ2) is 17.2. The third kappa shape index (κ3) is 8.05. The summed E-state index contributed by atoms with van der Waals surface area (Å²) in [7, 11) is -4.12. The Morgan fingerprint density at radius 3 is 1.42 bits per heavy atom. The number of Topliss-reactive ketones (excluding diaryl/α,β-unsaturated/α-hetero) is 2. The average molecular weight is 741 g/mol. The molecule has 0 amide bonds. The number of halogens is 1. The van der Waals surface area contributed by atoms with E-state index in [-0.39, 0.29) is 49.2 Å². The fourth-order valence-electron chi connectivity index (χ4n) is 7.47.